The average molecular weight is 297 g/mol. The highest BCUT2D eigenvalue weighted by atomic mass is 32.2. The molecule has 1 aromatic heterocycles. The molecule has 0 bridgehead atoms. The van der Waals surface area contributed by atoms with E-state index >= 15 is 0 Å². The van der Waals surface area contributed by atoms with Crippen LogP contribution >= 0.6 is 11.8 Å². The van der Waals surface area contributed by atoms with E-state index in [0.717, 1.165) is 6.54 Å². The number of carbonyl (C=O) groups excluding carboxylic acids is 1. The third kappa shape index (κ3) is 3.99. The van der Waals surface area contributed by atoms with Crippen LogP contribution in [-0.2, 0) is 4.79 Å². The van der Waals surface area contributed by atoms with Gasteiger partial charge in [-0.1, -0.05) is 11.6 Å². The molecule has 0 aliphatic heterocycles. The Morgan fingerprint density at radius 1 is 1.60 bits per heavy atom. The van der Waals surface area contributed by atoms with E-state index in [-0.39, 0.29) is 5.91 Å². The highest BCUT2D eigenvalue weighted by Crippen LogP contribution is 2.31. The first-order valence-corrected chi connectivity index (χ1v) is 8.35. The lowest BCUT2D eigenvalue weighted by Gasteiger charge is -2.28. The minimum absolute atomic E-state index is 0.0103. The fourth-order valence-electron chi connectivity index (χ4n) is 2.76. The number of aromatic nitrogens is 1. The fourth-order valence-corrected chi connectivity index (χ4v) is 3.82. The van der Waals surface area contributed by atoms with Gasteiger partial charge < -0.3 is 14.7 Å². The van der Waals surface area contributed by atoms with E-state index in [1.807, 2.05) is 11.8 Å². The average Bonchev–Trinajstić information content (AvgIpc) is 3.04. The summed E-state index contributed by atoms with van der Waals surface area (Å²) in [6.07, 6.45) is 6.49. The smallest absolute Gasteiger partial charge is 0.226 e. The van der Waals surface area contributed by atoms with Crippen molar-refractivity contribution in [2.45, 2.75) is 43.9 Å². The van der Waals surface area contributed by atoms with Crippen LogP contribution < -0.4 is 5.32 Å². The number of rotatable bonds is 6. The second-order valence-electron chi connectivity index (χ2n) is 5.37. The van der Waals surface area contributed by atoms with E-state index in [9.17, 15) is 4.79 Å². The lowest BCUT2D eigenvalue weighted by Crippen LogP contribution is -2.37. The van der Waals surface area contributed by atoms with Crippen molar-refractivity contribution in [3.8, 4) is 0 Å². The molecule has 5 nitrogen and oxygen atoms in total. The molecule has 0 aromatic carbocycles. The van der Waals surface area contributed by atoms with Crippen molar-refractivity contribution in [2.24, 2.45) is 0 Å². The van der Waals surface area contributed by atoms with E-state index in [2.05, 4.69) is 28.7 Å². The van der Waals surface area contributed by atoms with Gasteiger partial charge in [0.2, 0.25) is 5.91 Å². The Bertz CT molecular complexity index is 449. The Morgan fingerprint density at radius 2 is 2.40 bits per heavy atom. The van der Waals surface area contributed by atoms with Gasteiger partial charge in [0, 0.05) is 30.3 Å². The molecule has 1 saturated carbocycles. The molecule has 0 saturated heterocycles. The van der Waals surface area contributed by atoms with Gasteiger partial charge in [-0.3, -0.25) is 4.79 Å². The molecule has 20 heavy (non-hydrogen) atoms. The summed E-state index contributed by atoms with van der Waals surface area (Å²) in [5, 5.41) is 7.23. The normalized spacial score (nSPS) is 22.4. The molecule has 6 heteroatoms. The number of hydrogen-bond acceptors (Lipinski definition) is 5. The van der Waals surface area contributed by atoms with Crippen molar-refractivity contribution < 1.29 is 9.32 Å². The maximum absolute atomic E-state index is 11.9. The molecule has 1 aromatic rings. The van der Waals surface area contributed by atoms with Gasteiger partial charge in [-0.25, -0.2) is 0 Å². The van der Waals surface area contributed by atoms with Crippen molar-refractivity contribution in [1.29, 1.82) is 0 Å². The maximum Gasteiger partial charge on any atom is 0.226 e. The van der Waals surface area contributed by atoms with Crippen LogP contribution in [-0.4, -0.2) is 47.1 Å². The molecule has 1 aliphatic rings. The van der Waals surface area contributed by atoms with Crippen molar-refractivity contribution in [3.63, 3.8) is 0 Å². The number of carbonyl (C=O) groups is 1. The van der Waals surface area contributed by atoms with Gasteiger partial charge in [-0.05, 0) is 33.1 Å². The van der Waals surface area contributed by atoms with Crippen molar-refractivity contribution in [3.05, 3.63) is 11.8 Å². The Labute approximate surface area is 124 Å². The van der Waals surface area contributed by atoms with Gasteiger partial charge in [0.15, 0.2) is 5.82 Å². The first kappa shape index (κ1) is 15.4. The first-order chi connectivity index (χ1) is 9.60. The van der Waals surface area contributed by atoms with Crippen LogP contribution in [0, 0.1) is 6.92 Å². The summed E-state index contributed by atoms with van der Waals surface area (Å²) in [4.78, 5) is 14.2. The summed E-state index contributed by atoms with van der Waals surface area (Å²) < 4.78 is 4.92. The van der Waals surface area contributed by atoms with Crippen LogP contribution in [0.5, 0.6) is 0 Å². The molecule has 1 heterocycles. The third-order valence-electron chi connectivity index (χ3n) is 3.87. The summed E-state index contributed by atoms with van der Waals surface area (Å²) in [7, 11) is 2.12. The van der Waals surface area contributed by atoms with E-state index in [0.29, 0.717) is 29.3 Å². The molecule has 0 radical (unpaired) electrons. The summed E-state index contributed by atoms with van der Waals surface area (Å²) in [6.45, 7) is 2.59. The number of nitrogens with zero attached hydrogens (tertiary/aromatic N) is 2. The highest BCUT2D eigenvalue weighted by molar-refractivity contribution is 7.99. The molecule has 1 fully saturated rings. The summed E-state index contributed by atoms with van der Waals surface area (Å²) in [5.41, 5.74) is 0. The second-order valence-corrected chi connectivity index (χ2v) is 6.45. The zero-order valence-electron chi connectivity index (χ0n) is 12.4. The van der Waals surface area contributed by atoms with Gasteiger partial charge in [0.1, 0.15) is 5.76 Å². The van der Waals surface area contributed by atoms with Gasteiger partial charge >= 0.3 is 0 Å². The van der Waals surface area contributed by atoms with E-state index in [4.69, 9.17) is 4.52 Å². The Hall–Kier alpha value is -1.01. The Kier molecular flexibility index (Phi) is 5.48. The monoisotopic (exact) mass is 297 g/mol. The largest absolute Gasteiger partial charge is 0.360 e. The van der Waals surface area contributed by atoms with Crippen LogP contribution in [0.1, 0.15) is 31.4 Å². The van der Waals surface area contributed by atoms with E-state index in [1.54, 1.807) is 13.0 Å². The molecule has 1 amide bonds. The maximum atomic E-state index is 11.9. The zero-order valence-corrected chi connectivity index (χ0v) is 13.2. The minimum atomic E-state index is -0.0103. The quantitative estimate of drug-likeness (QED) is 0.874. The van der Waals surface area contributed by atoms with E-state index < -0.39 is 0 Å². The van der Waals surface area contributed by atoms with Crippen molar-refractivity contribution in [2.75, 3.05) is 25.2 Å². The first-order valence-electron chi connectivity index (χ1n) is 7.06. The standard InChI is InChI=1S/C14H23N3O2S/c1-10-9-13(16-19-10)15-14(18)7-8-17(2)11-5-4-6-12(11)20-3/h9,11-12H,4-8H2,1-3H3,(H,15,16,18)/t11-,12-/m1/s1. The molecule has 2 atom stereocenters. The van der Waals surface area contributed by atoms with Gasteiger partial charge in [0.05, 0.1) is 0 Å². The lowest BCUT2D eigenvalue weighted by molar-refractivity contribution is -0.116. The molecular formula is C14H23N3O2S. The molecular weight excluding hydrogens is 274 g/mol. The zero-order chi connectivity index (χ0) is 14.5. The van der Waals surface area contributed by atoms with Crippen LogP contribution in [0.15, 0.2) is 10.6 Å². The Balaban J connectivity index is 1.75. The topological polar surface area (TPSA) is 58.4 Å². The third-order valence-corrected chi connectivity index (χ3v) is 5.03. The number of aryl methyl sites for hydroxylation is 1. The SMILES string of the molecule is CS[C@@H]1CCC[C@H]1N(C)CCC(=O)Nc1cc(C)on1. The van der Waals surface area contributed by atoms with Crippen LogP contribution in [0.25, 0.3) is 0 Å². The molecule has 1 N–H and O–H groups in total. The number of nitrogens with one attached hydrogen (secondary N) is 1. The molecule has 0 unspecified atom stereocenters. The highest BCUT2D eigenvalue weighted by Gasteiger charge is 2.29. The number of hydrogen-bond donors (Lipinski definition) is 1. The van der Waals surface area contributed by atoms with Gasteiger partial charge in [-0.2, -0.15) is 11.8 Å². The van der Waals surface area contributed by atoms with Crippen molar-refractivity contribution in [1.82, 2.24) is 10.1 Å². The van der Waals surface area contributed by atoms with Crippen molar-refractivity contribution >= 4 is 23.5 Å². The lowest BCUT2D eigenvalue weighted by atomic mass is 10.2. The molecule has 2 rings (SSSR count). The van der Waals surface area contributed by atoms with Gasteiger partial charge in [0.25, 0.3) is 0 Å². The summed E-state index contributed by atoms with van der Waals surface area (Å²) in [5.74, 6) is 1.19. The summed E-state index contributed by atoms with van der Waals surface area (Å²) in [6, 6.07) is 2.33. The minimum Gasteiger partial charge on any atom is -0.360 e. The van der Waals surface area contributed by atoms with Crippen LogP contribution in [0.3, 0.4) is 0 Å². The summed E-state index contributed by atoms with van der Waals surface area (Å²) >= 11 is 1.94. The second kappa shape index (κ2) is 7.13. The predicted molar refractivity (Wildman–Crippen MR) is 82.1 cm³/mol. The molecule has 112 valence electrons. The van der Waals surface area contributed by atoms with E-state index in [1.165, 1.54) is 19.3 Å². The van der Waals surface area contributed by atoms with Crippen LogP contribution in [0.2, 0.25) is 0 Å². The molecule has 1 aliphatic carbocycles. The fraction of sp³-hybridized carbons (Fsp3) is 0.714. The van der Waals surface area contributed by atoms with Crippen LogP contribution in [0.4, 0.5) is 5.82 Å². The predicted octanol–water partition coefficient (Wildman–Crippen LogP) is 2.53. The molecule has 0 spiro atoms. The number of amides is 1. The van der Waals surface area contributed by atoms with Gasteiger partial charge in [-0.15, -0.1) is 0 Å². The number of anilines is 1. The number of thioether (sulfide) groups is 1. The Morgan fingerprint density at radius 3 is 3.05 bits per heavy atom.